The number of H-pyrrole nitrogens is 1. The number of carbonyl (C=O) groups excluding carboxylic acids is 1. The van der Waals surface area contributed by atoms with Crippen molar-refractivity contribution < 1.29 is 19.0 Å². The number of pyridine rings is 1. The molecule has 0 atom stereocenters. The summed E-state index contributed by atoms with van der Waals surface area (Å²) in [5.74, 6) is 2.23. The van der Waals surface area contributed by atoms with Crippen molar-refractivity contribution in [3.63, 3.8) is 0 Å². The Labute approximate surface area is 184 Å². The van der Waals surface area contributed by atoms with Crippen LogP contribution in [-0.4, -0.2) is 45.3 Å². The molecule has 164 valence electrons. The van der Waals surface area contributed by atoms with Gasteiger partial charge in [-0.3, -0.25) is 14.9 Å². The number of benzene rings is 1. The summed E-state index contributed by atoms with van der Waals surface area (Å²) >= 11 is 0. The van der Waals surface area contributed by atoms with Crippen LogP contribution >= 0.6 is 0 Å². The largest absolute Gasteiger partial charge is 0.493 e. The number of hydrogen-bond donors (Lipinski definition) is 2. The van der Waals surface area contributed by atoms with Crippen LogP contribution in [0.4, 0.5) is 5.82 Å². The normalized spacial score (nSPS) is 10.7. The number of ether oxygens (including phenoxy) is 3. The third-order valence-electron chi connectivity index (χ3n) is 4.74. The maximum absolute atomic E-state index is 12.2. The molecular formula is C22H22N6O4. The van der Waals surface area contributed by atoms with E-state index >= 15 is 0 Å². The smallest absolute Gasteiger partial charge is 0.231 e. The molecule has 0 radical (unpaired) electrons. The number of rotatable bonds is 8. The number of aromatic nitrogens is 5. The maximum atomic E-state index is 12.2. The number of hydrogen-bond acceptors (Lipinski definition) is 8. The number of aromatic amines is 1. The molecule has 0 saturated heterocycles. The minimum absolute atomic E-state index is 0.113. The number of nitrogens with zero attached hydrogens (tertiary/aromatic N) is 4. The summed E-state index contributed by atoms with van der Waals surface area (Å²) in [7, 11) is 3.12. The van der Waals surface area contributed by atoms with E-state index in [9.17, 15) is 4.79 Å². The predicted molar refractivity (Wildman–Crippen MR) is 117 cm³/mol. The van der Waals surface area contributed by atoms with E-state index < -0.39 is 0 Å². The van der Waals surface area contributed by atoms with Crippen molar-refractivity contribution in [1.82, 2.24) is 25.1 Å². The number of carbonyl (C=O) groups is 1. The lowest BCUT2D eigenvalue weighted by molar-refractivity contribution is -0.115. The lowest BCUT2D eigenvalue weighted by atomic mass is 10.2. The molecule has 4 rings (SSSR count). The number of fused-ring (bicyclic) bond motifs is 1. The zero-order valence-electron chi connectivity index (χ0n) is 17.9. The molecule has 0 fully saturated rings. The maximum Gasteiger partial charge on any atom is 0.231 e. The molecule has 2 N–H and O–H groups in total. The van der Waals surface area contributed by atoms with Gasteiger partial charge in [-0.15, -0.1) is 0 Å². The van der Waals surface area contributed by atoms with Gasteiger partial charge in [0.05, 0.1) is 37.7 Å². The van der Waals surface area contributed by atoms with Gasteiger partial charge in [0.1, 0.15) is 12.1 Å². The highest BCUT2D eigenvalue weighted by atomic mass is 16.5. The summed E-state index contributed by atoms with van der Waals surface area (Å²) in [5, 5.41) is 10.3. The highest BCUT2D eigenvalue weighted by Gasteiger charge is 2.13. The average molecular weight is 434 g/mol. The molecular weight excluding hydrogens is 412 g/mol. The van der Waals surface area contributed by atoms with Crippen molar-refractivity contribution in [2.75, 3.05) is 19.5 Å². The summed E-state index contributed by atoms with van der Waals surface area (Å²) in [4.78, 5) is 25.0. The highest BCUT2D eigenvalue weighted by Crippen LogP contribution is 2.35. The van der Waals surface area contributed by atoms with Crippen LogP contribution in [0.15, 0.2) is 42.9 Å². The van der Waals surface area contributed by atoms with Gasteiger partial charge in [-0.05, 0) is 24.6 Å². The van der Waals surface area contributed by atoms with E-state index in [1.807, 2.05) is 6.92 Å². The fourth-order valence-corrected chi connectivity index (χ4v) is 3.09. The Morgan fingerprint density at radius 1 is 1.06 bits per heavy atom. The summed E-state index contributed by atoms with van der Waals surface area (Å²) in [6.07, 6.45) is 3.88. The van der Waals surface area contributed by atoms with E-state index in [0.717, 1.165) is 12.1 Å². The number of nitrogens with one attached hydrogen (secondary N) is 2. The molecule has 0 aliphatic rings. The zero-order valence-corrected chi connectivity index (χ0v) is 17.9. The molecule has 10 nitrogen and oxygen atoms in total. The SMILES string of the molecule is CCc1cc(NC(=O)Cc2ccc(Oc3ncnc4cc(OC)c(OC)cc34)cn2)n[nH]1. The average Bonchev–Trinajstić information content (AvgIpc) is 3.27. The van der Waals surface area contributed by atoms with Crippen molar-refractivity contribution in [2.45, 2.75) is 19.8 Å². The molecule has 3 heterocycles. The van der Waals surface area contributed by atoms with Crippen LogP contribution in [0, 0.1) is 0 Å². The molecule has 1 aromatic carbocycles. The number of anilines is 1. The van der Waals surface area contributed by atoms with Crippen LogP contribution in [0.1, 0.15) is 18.3 Å². The Hall–Kier alpha value is -4.21. The Morgan fingerprint density at radius 3 is 2.56 bits per heavy atom. The van der Waals surface area contributed by atoms with Gasteiger partial charge < -0.3 is 19.5 Å². The van der Waals surface area contributed by atoms with Gasteiger partial charge in [-0.2, -0.15) is 5.10 Å². The van der Waals surface area contributed by atoms with Gasteiger partial charge in [-0.1, -0.05) is 6.92 Å². The molecule has 0 saturated carbocycles. The second-order valence-corrected chi connectivity index (χ2v) is 6.85. The minimum Gasteiger partial charge on any atom is -0.493 e. The predicted octanol–water partition coefficient (Wildman–Crippen LogP) is 3.30. The molecule has 4 aromatic rings. The van der Waals surface area contributed by atoms with E-state index in [4.69, 9.17) is 14.2 Å². The van der Waals surface area contributed by atoms with Crippen molar-refractivity contribution in [3.05, 3.63) is 54.2 Å². The van der Waals surface area contributed by atoms with Crippen LogP contribution in [0.5, 0.6) is 23.1 Å². The van der Waals surface area contributed by atoms with Crippen LogP contribution in [-0.2, 0) is 17.6 Å². The first-order valence-electron chi connectivity index (χ1n) is 9.93. The second kappa shape index (κ2) is 9.29. The first-order chi connectivity index (χ1) is 15.6. The van der Waals surface area contributed by atoms with Crippen molar-refractivity contribution in [1.29, 1.82) is 0 Å². The van der Waals surface area contributed by atoms with E-state index in [1.165, 1.54) is 6.33 Å². The molecule has 32 heavy (non-hydrogen) atoms. The van der Waals surface area contributed by atoms with Crippen molar-refractivity contribution >= 4 is 22.6 Å². The van der Waals surface area contributed by atoms with Crippen LogP contribution in [0.3, 0.4) is 0 Å². The zero-order chi connectivity index (χ0) is 22.5. The number of aryl methyl sites for hydroxylation is 1. The Balaban J connectivity index is 1.46. The van der Waals surface area contributed by atoms with Gasteiger partial charge >= 0.3 is 0 Å². The monoisotopic (exact) mass is 434 g/mol. The molecule has 0 aliphatic heterocycles. The van der Waals surface area contributed by atoms with Crippen LogP contribution in [0.2, 0.25) is 0 Å². The fourth-order valence-electron chi connectivity index (χ4n) is 3.09. The third-order valence-corrected chi connectivity index (χ3v) is 4.74. The Morgan fingerprint density at radius 2 is 1.88 bits per heavy atom. The van der Waals surface area contributed by atoms with Crippen molar-refractivity contribution in [2.24, 2.45) is 0 Å². The minimum atomic E-state index is -0.205. The van der Waals surface area contributed by atoms with Gasteiger partial charge in [0.15, 0.2) is 17.3 Å². The number of amides is 1. The summed E-state index contributed by atoms with van der Waals surface area (Å²) in [6.45, 7) is 2.00. The van der Waals surface area contributed by atoms with Gasteiger partial charge in [0.25, 0.3) is 0 Å². The van der Waals surface area contributed by atoms with Crippen LogP contribution in [0.25, 0.3) is 10.9 Å². The lowest BCUT2D eigenvalue weighted by Crippen LogP contribution is -2.15. The molecule has 0 aliphatic carbocycles. The highest BCUT2D eigenvalue weighted by molar-refractivity contribution is 5.91. The second-order valence-electron chi connectivity index (χ2n) is 6.85. The molecule has 1 amide bonds. The van der Waals surface area contributed by atoms with Gasteiger partial charge in [0.2, 0.25) is 11.8 Å². The first kappa shape index (κ1) is 21.0. The summed E-state index contributed by atoms with van der Waals surface area (Å²) < 4.78 is 16.6. The molecule has 3 aromatic heterocycles. The topological polar surface area (TPSA) is 124 Å². The van der Waals surface area contributed by atoms with Gasteiger partial charge in [-0.25, -0.2) is 9.97 Å². The Kier molecular flexibility index (Phi) is 6.11. The van der Waals surface area contributed by atoms with E-state index in [1.54, 1.807) is 50.7 Å². The molecule has 0 bridgehead atoms. The third kappa shape index (κ3) is 4.59. The molecule has 0 spiro atoms. The fraction of sp³-hybridized carbons (Fsp3) is 0.227. The molecule has 10 heteroatoms. The standard InChI is InChI=1S/C22H22N6O4/c1-4-13-7-20(28-27-13)26-21(29)8-14-5-6-15(11-23-14)32-22-16-9-18(30-2)19(31-3)10-17(16)24-12-25-22/h5-7,9-12H,4,8H2,1-3H3,(H2,26,27,28,29). The quantitative estimate of drug-likeness (QED) is 0.433. The summed E-state index contributed by atoms with van der Waals surface area (Å²) in [6, 6.07) is 8.77. The first-order valence-corrected chi connectivity index (χ1v) is 9.93. The van der Waals surface area contributed by atoms with Crippen molar-refractivity contribution in [3.8, 4) is 23.1 Å². The Bertz CT molecular complexity index is 1240. The lowest BCUT2D eigenvalue weighted by Gasteiger charge is -2.11. The summed E-state index contributed by atoms with van der Waals surface area (Å²) in [5.41, 5.74) is 2.20. The van der Waals surface area contributed by atoms with Crippen LogP contribution < -0.4 is 19.5 Å². The van der Waals surface area contributed by atoms with E-state index in [-0.39, 0.29) is 12.3 Å². The van der Waals surface area contributed by atoms with Gasteiger partial charge in [0, 0.05) is 23.5 Å². The van der Waals surface area contributed by atoms with E-state index in [0.29, 0.717) is 45.5 Å². The number of methoxy groups -OCH3 is 2. The van der Waals surface area contributed by atoms with E-state index in [2.05, 4.69) is 30.5 Å². The molecule has 0 unspecified atom stereocenters.